The van der Waals surface area contributed by atoms with Gasteiger partial charge in [0, 0.05) is 4.88 Å². The molecular weight excluding hydrogens is 307 g/mol. The summed E-state index contributed by atoms with van der Waals surface area (Å²) in [5.74, 6) is 0.967. The summed E-state index contributed by atoms with van der Waals surface area (Å²) >= 11 is 4.06. The Kier molecular flexibility index (Phi) is 3.08. The maximum absolute atomic E-state index is 5.25. The molecule has 0 aliphatic heterocycles. The van der Waals surface area contributed by atoms with Gasteiger partial charge in [0.25, 0.3) is 0 Å². The lowest BCUT2D eigenvalue weighted by molar-refractivity contribution is 0.414. The van der Waals surface area contributed by atoms with E-state index in [1.165, 1.54) is 13.3 Å². The summed E-state index contributed by atoms with van der Waals surface area (Å²) < 4.78 is 6.45. The van der Waals surface area contributed by atoms with E-state index in [-0.39, 0.29) is 0 Å². The van der Waals surface area contributed by atoms with Crippen LogP contribution in [0.2, 0.25) is 0 Å². The van der Waals surface area contributed by atoms with Crippen LogP contribution >= 0.6 is 33.9 Å². The second-order valence-electron chi connectivity index (χ2n) is 2.82. The Morgan fingerprint density at radius 2 is 1.93 bits per heavy atom. The zero-order valence-corrected chi connectivity index (χ0v) is 10.6. The Morgan fingerprint density at radius 1 is 1.21 bits per heavy atom. The molecule has 0 aliphatic carbocycles. The highest BCUT2D eigenvalue weighted by molar-refractivity contribution is 14.1. The van der Waals surface area contributed by atoms with Crippen molar-refractivity contribution in [3.8, 4) is 16.2 Å². The number of benzene rings is 1. The van der Waals surface area contributed by atoms with Crippen molar-refractivity contribution in [3.05, 3.63) is 39.3 Å². The molecule has 1 aromatic carbocycles. The van der Waals surface area contributed by atoms with E-state index in [2.05, 4.69) is 40.8 Å². The third kappa shape index (κ3) is 1.93. The maximum Gasteiger partial charge on any atom is 0.143 e. The lowest BCUT2D eigenvalue weighted by atomic mass is 10.2. The van der Waals surface area contributed by atoms with E-state index in [1.807, 2.05) is 18.2 Å². The monoisotopic (exact) mass is 316 g/mol. The molecular formula is C11H9IOS. The number of rotatable bonds is 2. The third-order valence-electron chi connectivity index (χ3n) is 1.93. The van der Waals surface area contributed by atoms with E-state index in [0.717, 1.165) is 5.75 Å². The van der Waals surface area contributed by atoms with Crippen LogP contribution in [-0.2, 0) is 0 Å². The highest BCUT2D eigenvalue weighted by Crippen LogP contribution is 2.36. The van der Waals surface area contributed by atoms with E-state index in [1.54, 1.807) is 18.4 Å². The molecule has 72 valence electrons. The van der Waals surface area contributed by atoms with Crippen LogP contribution in [0.5, 0.6) is 5.75 Å². The number of thiophene rings is 1. The lowest BCUT2D eigenvalue weighted by Gasteiger charge is -1.94. The van der Waals surface area contributed by atoms with Crippen LogP contribution < -0.4 is 4.74 Å². The minimum absolute atomic E-state index is 0.967. The molecule has 0 aliphatic rings. The Hall–Kier alpha value is -0.550. The quantitative estimate of drug-likeness (QED) is 0.760. The van der Waals surface area contributed by atoms with Gasteiger partial charge in [0.05, 0.1) is 7.11 Å². The van der Waals surface area contributed by atoms with Gasteiger partial charge in [-0.2, -0.15) is 0 Å². The first-order valence-corrected chi connectivity index (χ1v) is 6.09. The molecule has 0 spiro atoms. The predicted molar refractivity (Wildman–Crippen MR) is 69.0 cm³/mol. The predicted octanol–water partition coefficient (Wildman–Crippen LogP) is 4.03. The summed E-state index contributed by atoms with van der Waals surface area (Å²) in [5.41, 5.74) is 1.25. The van der Waals surface area contributed by atoms with Crippen LogP contribution in [0.4, 0.5) is 0 Å². The van der Waals surface area contributed by atoms with Crippen molar-refractivity contribution in [1.82, 2.24) is 0 Å². The van der Waals surface area contributed by atoms with Crippen LogP contribution in [-0.4, -0.2) is 7.11 Å². The summed E-state index contributed by atoms with van der Waals surface area (Å²) in [7, 11) is 1.71. The molecule has 0 radical (unpaired) electrons. The highest BCUT2D eigenvalue weighted by Gasteiger charge is 2.07. The molecule has 0 saturated carbocycles. The molecule has 1 nitrogen and oxygen atoms in total. The maximum atomic E-state index is 5.25. The van der Waals surface area contributed by atoms with Gasteiger partial charge in [-0.1, -0.05) is 30.3 Å². The fourth-order valence-corrected chi connectivity index (χ4v) is 3.18. The van der Waals surface area contributed by atoms with Crippen LogP contribution in [0, 0.1) is 2.88 Å². The summed E-state index contributed by atoms with van der Waals surface area (Å²) in [5, 5.41) is 0. The summed E-state index contributed by atoms with van der Waals surface area (Å²) in [4.78, 5) is 1.26. The molecule has 0 saturated heterocycles. The van der Waals surface area contributed by atoms with Crippen LogP contribution in [0.1, 0.15) is 0 Å². The molecule has 0 unspecified atom stereocenters. The van der Waals surface area contributed by atoms with Gasteiger partial charge in [-0.3, -0.25) is 0 Å². The molecule has 0 atom stereocenters. The number of methoxy groups -OCH3 is 1. The molecule has 14 heavy (non-hydrogen) atoms. The largest absolute Gasteiger partial charge is 0.495 e. The van der Waals surface area contributed by atoms with Crippen molar-refractivity contribution >= 4 is 33.9 Å². The van der Waals surface area contributed by atoms with Gasteiger partial charge < -0.3 is 4.74 Å². The average molecular weight is 316 g/mol. The van der Waals surface area contributed by atoms with Gasteiger partial charge in [0.1, 0.15) is 8.63 Å². The first kappa shape index (κ1) is 9.98. The standard InChI is InChI=1S/C11H9IOS/c1-13-9-7-10(14-11(9)12)8-5-3-2-4-6-8/h2-7H,1H3. The third-order valence-corrected chi connectivity index (χ3v) is 4.08. The molecule has 1 heterocycles. The molecule has 0 bridgehead atoms. The van der Waals surface area contributed by atoms with Crippen molar-refractivity contribution in [2.24, 2.45) is 0 Å². The Labute approximate surface area is 101 Å². The van der Waals surface area contributed by atoms with Crippen LogP contribution in [0.25, 0.3) is 10.4 Å². The van der Waals surface area contributed by atoms with Crippen molar-refractivity contribution in [2.75, 3.05) is 7.11 Å². The second-order valence-corrected chi connectivity index (χ2v) is 5.68. The number of hydrogen-bond acceptors (Lipinski definition) is 2. The van der Waals surface area contributed by atoms with Crippen LogP contribution in [0.3, 0.4) is 0 Å². The first-order chi connectivity index (χ1) is 6.81. The van der Waals surface area contributed by atoms with E-state index >= 15 is 0 Å². The van der Waals surface area contributed by atoms with Crippen molar-refractivity contribution in [3.63, 3.8) is 0 Å². The molecule has 0 fully saturated rings. The average Bonchev–Trinajstić information content (AvgIpc) is 2.61. The molecule has 3 heteroatoms. The molecule has 0 N–H and O–H groups in total. The molecule has 1 aromatic heterocycles. The van der Waals surface area contributed by atoms with E-state index < -0.39 is 0 Å². The summed E-state index contributed by atoms with van der Waals surface area (Å²) in [6.07, 6.45) is 0. The van der Waals surface area contributed by atoms with Gasteiger partial charge >= 0.3 is 0 Å². The Bertz CT molecular complexity index is 422. The zero-order valence-electron chi connectivity index (χ0n) is 7.66. The Morgan fingerprint density at radius 3 is 2.50 bits per heavy atom. The molecule has 2 rings (SSSR count). The van der Waals surface area contributed by atoms with Crippen LogP contribution in [0.15, 0.2) is 36.4 Å². The fourth-order valence-electron chi connectivity index (χ4n) is 1.24. The number of ether oxygens (including phenoxy) is 1. The van der Waals surface area contributed by atoms with E-state index in [0.29, 0.717) is 0 Å². The molecule has 2 aromatic rings. The minimum atomic E-state index is 0.967. The lowest BCUT2D eigenvalue weighted by Crippen LogP contribution is -1.79. The highest BCUT2D eigenvalue weighted by atomic mass is 127. The van der Waals surface area contributed by atoms with Gasteiger partial charge in [-0.25, -0.2) is 0 Å². The fraction of sp³-hybridized carbons (Fsp3) is 0.0909. The second kappa shape index (κ2) is 4.31. The van der Waals surface area contributed by atoms with Crippen molar-refractivity contribution in [1.29, 1.82) is 0 Å². The van der Waals surface area contributed by atoms with E-state index in [4.69, 9.17) is 4.74 Å². The van der Waals surface area contributed by atoms with Gasteiger partial charge in [0.2, 0.25) is 0 Å². The topological polar surface area (TPSA) is 9.23 Å². The number of halogens is 1. The number of hydrogen-bond donors (Lipinski definition) is 0. The van der Waals surface area contributed by atoms with Crippen molar-refractivity contribution in [2.45, 2.75) is 0 Å². The van der Waals surface area contributed by atoms with Gasteiger partial charge in [-0.05, 0) is 34.2 Å². The van der Waals surface area contributed by atoms with Crippen molar-refractivity contribution < 1.29 is 4.74 Å². The Balaban J connectivity index is 2.43. The SMILES string of the molecule is COc1cc(-c2ccccc2)sc1I. The normalized spacial score (nSPS) is 10.1. The first-order valence-electron chi connectivity index (χ1n) is 4.20. The molecule has 0 amide bonds. The summed E-state index contributed by atoms with van der Waals surface area (Å²) in [6, 6.07) is 12.4. The van der Waals surface area contributed by atoms with Gasteiger partial charge in [-0.15, -0.1) is 11.3 Å². The summed E-state index contributed by atoms with van der Waals surface area (Å²) in [6.45, 7) is 0. The van der Waals surface area contributed by atoms with E-state index in [9.17, 15) is 0 Å². The van der Waals surface area contributed by atoms with Gasteiger partial charge in [0.15, 0.2) is 0 Å². The minimum Gasteiger partial charge on any atom is -0.495 e. The zero-order chi connectivity index (χ0) is 9.97. The smallest absolute Gasteiger partial charge is 0.143 e.